The van der Waals surface area contributed by atoms with E-state index in [1.165, 1.54) is 14.2 Å². The second-order valence-electron chi connectivity index (χ2n) is 12.2. The first-order valence-electron chi connectivity index (χ1n) is 14.7. The van der Waals surface area contributed by atoms with Crippen molar-refractivity contribution in [3.8, 4) is 23.0 Å². The van der Waals surface area contributed by atoms with Crippen LogP contribution in [0, 0.1) is 0 Å². The first-order valence-corrected chi connectivity index (χ1v) is 16.1. The number of methoxy groups -OCH3 is 4. The van der Waals surface area contributed by atoms with E-state index in [-0.39, 0.29) is 24.8 Å². The minimum atomic E-state index is -4.67. The van der Waals surface area contributed by atoms with Crippen LogP contribution in [0.15, 0.2) is 54.7 Å². The van der Waals surface area contributed by atoms with Crippen molar-refractivity contribution in [3.05, 3.63) is 71.4 Å². The quantitative estimate of drug-likeness (QED) is 0.284. The van der Waals surface area contributed by atoms with Gasteiger partial charge in [0.05, 0.1) is 28.4 Å². The number of nitrogens with zero attached hydrogens (tertiary/aromatic N) is 3. The molecule has 10 nitrogen and oxygen atoms in total. The number of anilines is 1. The Balaban J connectivity index is 1.72. The molecule has 2 aromatic carbocycles. The minimum absolute atomic E-state index is 0.00127. The number of hydrogen-bond donors (Lipinski definition) is 1. The van der Waals surface area contributed by atoms with Crippen LogP contribution in [0.2, 0.25) is 0 Å². The maximum Gasteiger partial charge on any atom is 0.271 e. The molecule has 2 heterocycles. The highest BCUT2D eigenvalue weighted by molar-refractivity contribution is 7.87. The third-order valence-corrected chi connectivity index (χ3v) is 9.98. The van der Waals surface area contributed by atoms with Crippen LogP contribution in [0.5, 0.6) is 23.0 Å². The number of benzene rings is 2. The molecule has 4 rings (SSSR count). The van der Waals surface area contributed by atoms with E-state index in [4.69, 9.17) is 23.9 Å². The Kier molecular flexibility index (Phi) is 10.3. The molecule has 1 N–H and O–H groups in total. The summed E-state index contributed by atoms with van der Waals surface area (Å²) in [5.74, 6) is 2.91. The largest absolute Gasteiger partial charge is 0.497 e. The lowest BCUT2D eigenvalue weighted by molar-refractivity contribution is 0.128. The Morgan fingerprint density at radius 3 is 1.66 bits per heavy atom. The van der Waals surface area contributed by atoms with E-state index in [0.29, 0.717) is 39.7 Å². The predicted octanol–water partition coefficient (Wildman–Crippen LogP) is 4.69. The molecule has 11 heteroatoms. The lowest BCUT2D eigenvalue weighted by atomic mass is 9.86. The van der Waals surface area contributed by atoms with Gasteiger partial charge in [-0.05, 0) is 74.9 Å². The Hall–Kier alpha value is -3.54. The zero-order valence-corrected chi connectivity index (χ0v) is 27.6. The zero-order chi connectivity index (χ0) is 32.1. The van der Waals surface area contributed by atoms with Crippen molar-refractivity contribution in [2.24, 2.45) is 0 Å². The number of piperazine rings is 1. The normalized spacial score (nSPS) is 14.8. The first-order chi connectivity index (χ1) is 20.8. The molecule has 1 aromatic heterocycles. The maximum absolute atomic E-state index is 13.5. The third kappa shape index (κ3) is 7.57. The van der Waals surface area contributed by atoms with Gasteiger partial charge in [-0.3, -0.25) is 9.45 Å². The molecule has 1 aliphatic heterocycles. The van der Waals surface area contributed by atoms with Crippen molar-refractivity contribution in [2.45, 2.75) is 50.3 Å². The first kappa shape index (κ1) is 33.4. The maximum atomic E-state index is 13.5. The van der Waals surface area contributed by atoms with Gasteiger partial charge in [-0.25, -0.2) is 4.98 Å². The highest BCUT2D eigenvalue weighted by atomic mass is 32.2. The fourth-order valence-electron chi connectivity index (χ4n) is 5.84. The van der Waals surface area contributed by atoms with Crippen molar-refractivity contribution in [1.29, 1.82) is 0 Å². The van der Waals surface area contributed by atoms with Gasteiger partial charge in [0, 0.05) is 50.0 Å². The second kappa shape index (κ2) is 13.6. The highest BCUT2D eigenvalue weighted by Crippen LogP contribution is 2.38. The molecule has 240 valence electrons. The van der Waals surface area contributed by atoms with Crippen molar-refractivity contribution in [3.63, 3.8) is 0 Å². The van der Waals surface area contributed by atoms with Crippen molar-refractivity contribution in [1.82, 2.24) is 9.88 Å². The van der Waals surface area contributed by atoms with Crippen LogP contribution in [0.3, 0.4) is 0 Å². The summed E-state index contributed by atoms with van der Waals surface area (Å²) in [5, 5.41) is 0. The summed E-state index contributed by atoms with van der Waals surface area (Å²) < 4.78 is 58.3. The topological polar surface area (TPSA) is 111 Å². The van der Waals surface area contributed by atoms with Crippen LogP contribution in [0.4, 0.5) is 5.82 Å². The van der Waals surface area contributed by atoms with Crippen LogP contribution in [-0.4, -0.2) is 87.8 Å². The van der Waals surface area contributed by atoms with Crippen LogP contribution in [-0.2, 0) is 29.4 Å². The SMILES string of the molecule is COc1ccc(CC(Cc2ccc(N3CCN(C(C)(C)C)CC3)nc2)(Cc2ccc(OC)cc2OC)S(=O)(=O)O)c(OC)c1. The second-order valence-corrected chi connectivity index (χ2v) is 14.0. The highest BCUT2D eigenvalue weighted by Gasteiger charge is 2.45. The van der Waals surface area contributed by atoms with Gasteiger partial charge in [0.1, 0.15) is 33.6 Å². The molecule has 0 unspecified atom stereocenters. The Bertz CT molecular complexity index is 1460. The van der Waals surface area contributed by atoms with Gasteiger partial charge in [0.15, 0.2) is 0 Å². The molecule has 44 heavy (non-hydrogen) atoms. The van der Waals surface area contributed by atoms with E-state index < -0.39 is 14.9 Å². The average Bonchev–Trinajstić information content (AvgIpc) is 3.00. The predicted molar refractivity (Wildman–Crippen MR) is 172 cm³/mol. The van der Waals surface area contributed by atoms with Crippen molar-refractivity contribution in [2.75, 3.05) is 59.5 Å². The molecule has 1 fully saturated rings. The standard InChI is InChI=1S/C33H45N3O7S/c1-32(2,3)36-16-14-35(15-17-36)31-13-8-24(23-34-31)20-33(44(37,38)39,21-25-9-11-27(40-4)18-29(25)42-6)22-26-10-12-28(41-5)19-30(26)43-7/h8-13,18-19,23H,14-17,20-22H2,1-7H3,(H,37,38,39). The smallest absolute Gasteiger partial charge is 0.271 e. The summed E-state index contributed by atoms with van der Waals surface area (Å²) in [5.41, 5.74) is 2.01. The van der Waals surface area contributed by atoms with Gasteiger partial charge < -0.3 is 23.8 Å². The van der Waals surface area contributed by atoms with Gasteiger partial charge in [-0.2, -0.15) is 8.42 Å². The van der Waals surface area contributed by atoms with Crippen LogP contribution in [0.1, 0.15) is 37.5 Å². The van der Waals surface area contributed by atoms with E-state index in [0.717, 1.165) is 32.0 Å². The summed E-state index contributed by atoms with van der Waals surface area (Å²) in [7, 11) is 1.46. The van der Waals surface area contributed by atoms with Gasteiger partial charge in [-0.15, -0.1) is 0 Å². The third-order valence-electron chi connectivity index (χ3n) is 8.45. The summed E-state index contributed by atoms with van der Waals surface area (Å²) in [6.45, 7) is 10.2. The van der Waals surface area contributed by atoms with Gasteiger partial charge in [0.25, 0.3) is 10.1 Å². The zero-order valence-electron chi connectivity index (χ0n) is 26.8. The number of ether oxygens (including phenoxy) is 4. The van der Waals surface area contributed by atoms with Gasteiger partial charge >= 0.3 is 0 Å². The molecule has 0 amide bonds. The van der Waals surface area contributed by atoms with E-state index in [1.807, 2.05) is 12.1 Å². The van der Waals surface area contributed by atoms with Crippen molar-refractivity contribution < 1.29 is 31.9 Å². The van der Waals surface area contributed by atoms with Crippen LogP contribution in [0.25, 0.3) is 0 Å². The van der Waals surface area contributed by atoms with E-state index in [9.17, 15) is 13.0 Å². The summed E-state index contributed by atoms with van der Waals surface area (Å²) in [4.78, 5) is 9.43. The van der Waals surface area contributed by atoms with Crippen molar-refractivity contribution >= 4 is 15.9 Å². The molecule has 0 radical (unpaired) electrons. The molecule has 1 aliphatic rings. The Morgan fingerprint density at radius 1 is 0.750 bits per heavy atom. The number of aromatic nitrogens is 1. The minimum Gasteiger partial charge on any atom is -0.497 e. The van der Waals surface area contributed by atoms with E-state index >= 15 is 0 Å². The molecule has 0 saturated carbocycles. The molecule has 1 saturated heterocycles. The number of pyridine rings is 1. The Labute approximate surface area is 261 Å². The van der Waals surface area contributed by atoms with E-state index in [2.05, 4.69) is 30.6 Å². The van der Waals surface area contributed by atoms with Gasteiger partial charge in [0.2, 0.25) is 0 Å². The number of rotatable bonds is 12. The molecule has 3 aromatic rings. The van der Waals surface area contributed by atoms with Crippen LogP contribution >= 0.6 is 0 Å². The Morgan fingerprint density at radius 2 is 1.27 bits per heavy atom. The van der Waals surface area contributed by atoms with Crippen LogP contribution < -0.4 is 23.8 Å². The molecule has 0 atom stereocenters. The fourth-order valence-corrected chi connectivity index (χ4v) is 6.86. The molecule has 0 aliphatic carbocycles. The molecule has 0 bridgehead atoms. The summed E-state index contributed by atoms with van der Waals surface area (Å²) in [6, 6.07) is 14.3. The number of hydrogen-bond acceptors (Lipinski definition) is 9. The summed E-state index contributed by atoms with van der Waals surface area (Å²) >= 11 is 0. The lowest BCUT2D eigenvalue weighted by Crippen LogP contribution is -2.53. The molecule has 0 spiro atoms. The molecular formula is C33H45N3O7S. The molecular weight excluding hydrogens is 582 g/mol. The summed E-state index contributed by atoms with van der Waals surface area (Å²) in [6.07, 6.45) is 1.64. The fraction of sp³-hybridized carbons (Fsp3) is 0.485. The van der Waals surface area contributed by atoms with Gasteiger partial charge in [-0.1, -0.05) is 18.2 Å². The monoisotopic (exact) mass is 627 g/mol. The lowest BCUT2D eigenvalue weighted by Gasteiger charge is -2.42. The van der Waals surface area contributed by atoms with E-state index in [1.54, 1.807) is 56.8 Å². The average molecular weight is 628 g/mol.